The molecule has 2 fully saturated rings. The minimum Gasteiger partial charge on any atom is -0.334 e. The Bertz CT molecular complexity index is 901. The van der Waals surface area contributed by atoms with E-state index in [9.17, 15) is 9.59 Å². The zero-order valence-corrected chi connectivity index (χ0v) is 16.6. The number of fused-ring (bicyclic) bond motifs is 1. The van der Waals surface area contributed by atoms with Crippen LogP contribution in [0.15, 0.2) is 4.52 Å². The summed E-state index contributed by atoms with van der Waals surface area (Å²) >= 11 is 1.64. The van der Waals surface area contributed by atoms with Crippen molar-refractivity contribution in [2.75, 3.05) is 11.9 Å². The van der Waals surface area contributed by atoms with Crippen LogP contribution < -0.4 is 5.32 Å². The lowest BCUT2D eigenvalue weighted by Gasteiger charge is -2.23. The standard InChI is InChI=1S/C20H24N4O3S/c25-11-9-13-4-3-10-24(13)20(26)22-19-16(14-5-1-2-6-15(14)28-19)18-21-17(23-27-18)12-7-8-12/h11-13H,1-10H2,(H,22,26). The molecule has 0 spiro atoms. The first-order valence-corrected chi connectivity index (χ1v) is 11.1. The molecular weight excluding hydrogens is 376 g/mol. The van der Waals surface area contributed by atoms with Gasteiger partial charge in [0, 0.05) is 29.8 Å². The predicted molar refractivity (Wildman–Crippen MR) is 106 cm³/mol. The Hall–Kier alpha value is -2.22. The number of thiophene rings is 1. The van der Waals surface area contributed by atoms with Crippen LogP contribution in [0.4, 0.5) is 9.80 Å². The summed E-state index contributed by atoms with van der Waals surface area (Å²) in [4.78, 5) is 31.7. The van der Waals surface area contributed by atoms with Crippen molar-refractivity contribution < 1.29 is 14.1 Å². The van der Waals surface area contributed by atoms with Crippen molar-refractivity contribution in [1.29, 1.82) is 0 Å². The molecule has 0 aromatic carbocycles. The van der Waals surface area contributed by atoms with Gasteiger partial charge in [-0.2, -0.15) is 4.98 Å². The summed E-state index contributed by atoms with van der Waals surface area (Å²) in [6, 6.07) is -0.133. The summed E-state index contributed by atoms with van der Waals surface area (Å²) in [6.45, 7) is 0.692. The number of hydrogen-bond donors (Lipinski definition) is 1. The highest BCUT2D eigenvalue weighted by Gasteiger charge is 2.33. The number of rotatable bonds is 5. The molecule has 1 atom stereocenters. The highest BCUT2D eigenvalue weighted by atomic mass is 32.1. The van der Waals surface area contributed by atoms with Crippen molar-refractivity contribution in [3.8, 4) is 11.5 Å². The first-order chi connectivity index (χ1) is 13.7. The summed E-state index contributed by atoms with van der Waals surface area (Å²) < 4.78 is 5.62. The number of aldehydes is 1. The van der Waals surface area contributed by atoms with Crippen LogP contribution >= 0.6 is 11.3 Å². The predicted octanol–water partition coefficient (Wildman–Crippen LogP) is 4.14. The van der Waals surface area contributed by atoms with Gasteiger partial charge in [0.2, 0.25) is 0 Å². The van der Waals surface area contributed by atoms with Gasteiger partial charge in [0.1, 0.15) is 11.3 Å². The fraction of sp³-hybridized carbons (Fsp3) is 0.600. The Kier molecular flexibility index (Phi) is 4.66. The van der Waals surface area contributed by atoms with E-state index in [1.807, 2.05) is 0 Å². The lowest BCUT2D eigenvalue weighted by Crippen LogP contribution is -2.38. The van der Waals surface area contributed by atoms with Gasteiger partial charge in [-0.05, 0) is 56.9 Å². The molecule has 1 saturated heterocycles. The fourth-order valence-corrected chi connectivity index (χ4v) is 5.62. The maximum Gasteiger partial charge on any atom is 0.322 e. The lowest BCUT2D eigenvalue weighted by molar-refractivity contribution is -0.108. The number of hydrogen-bond acceptors (Lipinski definition) is 6. The third kappa shape index (κ3) is 3.23. The van der Waals surface area contributed by atoms with Crippen molar-refractivity contribution in [2.45, 2.75) is 69.7 Å². The molecule has 7 nitrogen and oxygen atoms in total. The van der Waals surface area contributed by atoms with E-state index in [2.05, 4.69) is 15.5 Å². The van der Waals surface area contributed by atoms with Gasteiger partial charge >= 0.3 is 6.03 Å². The summed E-state index contributed by atoms with van der Waals surface area (Å²) in [5.41, 5.74) is 2.17. The minimum absolute atomic E-state index is 0.000380. The van der Waals surface area contributed by atoms with Crippen LogP contribution in [0.2, 0.25) is 0 Å². The molecule has 0 radical (unpaired) electrons. The summed E-state index contributed by atoms with van der Waals surface area (Å²) in [5, 5.41) is 8.09. The summed E-state index contributed by atoms with van der Waals surface area (Å²) in [6.07, 6.45) is 9.70. The van der Waals surface area contributed by atoms with E-state index in [1.165, 1.54) is 16.9 Å². The molecule has 1 N–H and O–H groups in total. The molecular formula is C20H24N4O3S. The highest BCUT2D eigenvalue weighted by molar-refractivity contribution is 7.17. The average Bonchev–Trinajstić information content (AvgIpc) is 3.11. The maximum absolute atomic E-state index is 13.0. The molecule has 28 heavy (non-hydrogen) atoms. The van der Waals surface area contributed by atoms with E-state index in [1.54, 1.807) is 16.2 Å². The molecule has 148 valence electrons. The average molecular weight is 401 g/mol. The van der Waals surface area contributed by atoms with Gasteiger partial charge in [0.05, 0.1) is 5.56 Å². The van der Waals surface area contributed by atoms with Crippen LogP contribution in [0.5, 0.6) is 0 Å². The SMILES string of the molecule is O=CCC1CCCN1C(=O)Nc1sc2c(c1-c1nc(C3CC3)no1)CCCC2. The molecule has 1 aliphatic heterocycles. The third-order valence-corrected chi connectivity index (χ3v) is 7.20. The molecule has 1 unspecified atom stereocenters. The number of nitrogens with one attached hydrogen (secondary N) is 1. The molecule has 0 bridgehead atoms. The van der Waals surface area contributed by atoms with Gasteiger partial charge in [-0.1, -0.05) is 5.16 Å². The van der Waals surface area contributed by atoms with Gasteiger partial charge < -0.3 is 14.2 Å². The van der Waals surface area contributed by atoms with E-state index in [4.69, 9.17) is 4.52 Å². The number of carbonyl (C=O) groups excluding carboxylic acids is 2. The van der Waals surface area contributed by atoms with Gasteiger partial charge in [-0.3, -0.25) is 5.32 Å². The monoisotopic (exact) mass is 400 g/mol. The van der Waals surface area contributed by atoms with Gasteiger partial charge in [-0.25, -0.2) is 4.79 Å². The number of amides is 2. The Morgan fingerprint density at radius 3 is 2.93 bits per heavy atom. The van der Waals surface area contributed by atoms with Crippen LogP contribution in [0.3, 0.4) is 0 Å². The topological polar surface area (TPSA) is 88.3 Å². The van der Waals surface area contributed by atoms with Gasteiger partial charge in [-0.15, -0.1) is 11.3 Å². The van der Waals surface area contributed by atoms with Crippen molar-refractivity contribution in [2.24, 2.45) is 0 Å². The first kappa shape index (κ1) is 17.8. The number of aromatic nitrogens is 2. The van der Waals surface area contributed by atoms with E-state index in [0.717, 1.165) is 67.6 Å². The Balaban J connectivity index is 1.45. The number of aryl methyl sites for hydroxylation is 1. The molecule has 2 aromatic heterocycles. The molecule has 3 heterocycles. The van der Waals surface area contributed by atoms with Gasteiger partial charge in [0.15, 0.2) is 5.82 Å². The maximum atomic E-state index is 13.0. The third-order valence-electron chi connectivity index (χ3n) is 6.00. The highest BCUT2D eigenvalue weighted by Crippen LogP contribution is 2.45. The van der Waals surface area contributed by atoms with E-state index in [-0.39, 0.29) is 12.1 Å². The normalized spacial score (nSPS) is 21.6. The molecule has 2 aromatic rings. The fourth-order valence-electron chi connectivity index (χ4n) is 4.35. The second-order valence-electron chi connectivity index (χ2n) is 7.97. The Morgan fingerprint density at radius 2 is 2.11 bits per heavy atom. The first-order valence-electron chi connectivity index (χ1n) is 10.2. The smallest absolute Gasteiger partial charge is 0.322 e. The van der Waals surface area contributed by atoms with E-state index >= 15 is 0 Å². The minimum atomic E-state index is -0.133. The number of anilines is 1. The van der Waals surface area contributed by atoms with Crippen LogP contribution in [-0.2, 0) is 17.6 Å². The number of nitrogens with zero attached hydrogens (tertiary/aromatic N) is 3. The van der Waals surface area contributed by atoms with Crippen molar-refractivity contribution in [1.82, 2.24) is 15.0 Å². The van der Waals surface area contributed by atoms with Crippen molar-refractivity contribution in [3.63, 3.8) is 0 Å². The Morgan fingerprint density at radius 1 is 1.25 bits per heavy atom. The van der Waals surface area contributed by atoms with Crippen LogP contribution in [0.1, 0.15) is 67.1 Å². The second-order valence-corrected chi connectivity index (χ2v) is 9.07. The zero-order chi connectivity index (χ0) is 19.1. The zero-order valence-electron chi connectivity index (χ0n) is 15.8. The van der Waals surface area contributed by atoms with E-state index < -0.39 is 0 Å². The number of likely N-dealkylation sites (tertiary alicyclic amines) is 1. The molecule has 8 heteroatoms. The second kappa shape index (κ2) is 7.31. The van der Waals surface area contributed by atoms with Crippen LogP contribution in [0.25, 0.3) is 11.5 Å². The van der Waals surface area contributed by atoms with Crippen LogP contribution in [-0.4, -0.2) is 39.9 Å². The van der Waals surface area contributed by atoms with E-state index in [0.29, 0.717) is 24.8 Å². The number of urea groups is 1. The summed E-state index contributed by atoms with van der Waals surface area (Å²) in [7, 11) is 0. The van der Waals surface area contributed by atoms with Crippen molar-refractivity contribution >= 4 is 28.7 Å². The molecule has 2 aliphatic carbocycles. The lowest BCUT2D eigenvalue weighted by atomic mass is 9.95. The molecule has 2 amide bonds. The summed E-state index contributed by atoms with van der Waals surface area (Å²) in [5.74, 6) is 1.75. The molecule has 3 aliphatic rings. The number of carbonyl (C=O) groups is 2. The quantitative estimate of drug-likeness (QED) is 0.762. The molecule has 5 rings (SSSR count). The Labute approximate surface area is 167 Å². The van der Waals surface area contributed by atoms with Gasteiger partial charge in [0.25, 0.3) is 5.89 Å². The van der Waals surface area contributed by atoms with Crippen molar-refractivity contribution in [3.05, 3.63) is 16.3 Å². The molecule has 1 saturated carbocycles. The van der Waals surface area contributed by atoms with Crippen LogP contribution in [0, 0.1) is 0 Å². The largest absolute Gasteiger partial charge is 0.334 e.